The van der Waals surface area contributed by atoms with Crippen molar-refractivity contribution < 1.29 is 13.9 Å². The van der Waals surface area contributed by atoms with Crippen LogP contribution in [0.25, 0.3) is 0 Å². The summed E-state index contributed by atoms with van der Waals surface area (Å²) in [6, 6.07) is 3.19. The molecule has 0 aliphatic carbocycles. The molecular formula is C14H15F2NOS. The van der Waals surface area contributed by atoms with Crippen LogP contribution in [-0.4, -0.2) is 11.7 Å². The molecule has 1 aromatic carbocycles. The molecule has 0 saturated heterocycles. The number of hydrogen-bond acceptors (Lipinski definition) is 3. The quantitative estimate of drug-likeness (QED) is 0.883. The van der Waals surface area contributed by atoms with E-state index < -0.39 is 17.7 Å². The molecule has 0 bridgehead atoms. The summed E-state index contributed by atoms with van der Waals surface area (Å²) in [6.45, 7) is 2.86. The van der Waals surface area contributed by atoms with Crippen molar-refractivity contribution >= 4 is 11.3 Å². The molecule has 5 heteroatoms. The largest absolute Gasteiger partial charge is 0.387 e. The molecule has 0 amide bonds. The third kappa shape index (κ3) is 3.59. The molecule has 0 spiro atoms. The molecule has 1 heterocycles. The number of hydrogen-bond donors (Lipinski definition) is 2. The molecule has 0 saturated carbocycles. The summed E-state index contributed by atoms with van der Waals surface area (Å²) < 4.78 is 26.2. The molecule has 0 aliphatic rings. The van der Waals surface area contributed by atoms with Gasteiger partial charge >= 0.3 is 0 Å². The number of aliphatic hydroxyl groups excluding tert-OH is 1. The zero-order chi connectivity index (χ0) is 13.8. The molecule has 0 radical (unpaired) electrons. The highest BCUT2D eigenvalue weighted by Gasteiger charge is 2.13. The van der Waals surface area contributed by atoms with E-state index in [9.17, 15) is 13.9 Å². The minimum Gasteiger partial charge on any atom is -0.387 e. The predicted octanol–water partition coefficient (Wildman–Crippen LogP) is 3.16. The van der Waals surface area contributed by atoms with E-state index in [1.165, 1.54) is 11.6 Å². The Morgan fingerprint density at radius 2 is 2.11 bits per heavy atom. The van der Waals surface area contributed by atoms with Crippen molar-refractivity contribution in [2.75, 3.05) is 6.54 Å². The van der Waals surface area contributed by atoms with E-state index in [0.717, 1.165) is 17.7 Å². The molecule has 2 rings (SSSR count). The highest BCUT2D eigenvalue weighted by molar-refractivity contribution is 7.08. The Bertz CT molecular complexity index is 556. The molecule has 1 aromatic heterocycles. The van der Waals surface area contributed by atoms with Crippen molar-refractivity contribution in [1.82, 2.24) is 5.32 Å². The van der Waals surface area contributed by atoms with Crippen LogP contribution in [0.4, 0.5) is 8.78 Å². The lowest BCUT2D eigenvalue weighted by atomic mass is 10.1. The summed E-state index contributed by atoms with van der Waals surface area (Å²) in [4.78, 5) is 0. The molecule has 1 atom stereocenters. The van der Waals surface area contributed by atoms with E-state index in [1.54, 1.807) is 11.3 Å². The van der Waals surface area contributed by atoms with Gasteiger partial charge in [-0.15, -0.1) is 0 Å². The highest BCUT2D eigenvalue weighted by Crippen LogP contribution is 2.18. The zero-order valence-corrected chi connectivity index (χ0v) is 11.3. The number of benzene rings is 1. The third-order valence-corrected chi connectivity index (χ3v) is 3.85. The van der Waals surface area contributed by atoms with Gasteiger partial charge in [0, 0.05) is 24.7 Å². The monoisotopic (exact) mass is 283 g/mol. The summed E-state index contributed by atoms with van der Waals surface area (Å²) in [6.07, 6.45) is -0.987. The second-order valence-electron chi connectivity index (χ2n) is 4.39. The average Bonchev–Trinajstić information content (AvgIpc) is 2.75. The van der Waals surface area contributed by atoms with Gasteiger partial charge in [-0.05, 0) is 34.9 Å². The lowest BCUT2D eigenvalue weighted by Gasteiger charge is -2.13. The van der Waals surface area contributed by atoms with Crippen molar-refractivity contribution in [3.8, 4) is 0 Å². The molecule has 2 N–H and O–H groups in total. The van der Waals surface area contributed by atoms with Gasteiger partial charge in [-0.25, -0.2) is 8.78 Å². The van der Waals surface area contributed by atoms with Crippen molar-refractivity contribution in [3.63, 3.8) is 0 Å². The Hall–Kier alpha value is -1.30. The maximum Gasteiger partial charge on any atom is 0.131 e. The van der Waals surface area contributed by atoms with Gasteiger partial charge in [0.1, 0.15) is 11.6 Å². The van der Waals surface area contributed by atoms with Gasteiger partial charge in [-0.3, -0.25) is 0 Å². The Morgan fingerprint density at radius 3 is 2.74 bits per heavy atom. The highest BCUT2D eigenvalue weighted by atomic mass is 32.1. The van der Waals surface area contributed by atoms with Crippen LogP contribution in [0.2, 0.25) is 0 Å². The van der Waals surface area contributed by atoms with E-state index in [1.807, 2.05) is 17.7 Å². The Balaban J connectivity index is 1.91. The summed E-state index contributed by atoms with van der Waals surface area (Å²) in [5.74, 6) is -1.36. The van der Waals surface area contributed by atoms with Crippen LogP contribution in [0.1, 0.15) is 22.8 Å². The number of thiophene rings is 1. The van der Waals surface area contributed by atoms with E-state index in [2.05, 4.69) is 5.32 Å². The first-order chi connectivity index (χ1) is 9.08. The van der Waals surface area contributed by atoms with Crippen molar-refractivity contribution in [1.29, 1.82) is 0 Å². The van der Waals surface area contributed by atoms with Crippen LogP contribution in [-0.2, 0) is 6.54 Å². The Morgan fingerprint density at radius 1 is 1.32 bits per heavy atom. The smallest absolute Gasteiger partial charge is 0.131 e. The summed E-state index contributed by atoms with van der Waals surface area (Å²) in [7, 11) is 0. The van der Waals surface area contributed by atoms with Crippen LogP contribution in [0.5, 0.6) is 0 Å². The number of aryl methyl sites for hydroxylation is 1. The number of halogens is 2. The number of nitrogens with one attached hydrogen (secondary N) is 1. The lowest BCUT2D eigenvalue weighted by molar-refractivity contribution is 0.169. The third-order valence-electron chi connectivity index (χ3n) is 2.94. The van der Waals surface area contributed by atoms with Crippen molar-refractivity contribution in [3.05, 3.63) is 57.3 Å². The van der Waals surface area contributed by atoms with Gasteiger partial charge in [-0.2, -0.15) is 11.3 Å². The van der Waals surface area contributed by atoms with Gasteiger partial charge in [-0.1, -0.05) is 6.07 Å². The lowest BCUT2D eigenvalue weighted by Crippen LogP contribution is -2.21. The first-order valence-electron chi connectivity index (χ1n) is 5.93. The number of aliphatic hydroxyl groups is 1. The first kappa shape index (κ1) is 14.1. The van der Waals surface area contributed by atoms with Gasteiger partial charge in [0.05, 0.1) is 6.10 Å². The van der Waals surface area contributed by atoms with Gasteiger partial charge in [0.2, 0.25) is 0 Å². The molecule has 0 aliphatic heterocycles. The molecule has 1 unspecified atom stereocenters. The maximum atomic E-state index is 13.4. The fourth-order valence-electron chi connectivity index (χ4n) is 1.79. The van der Waals surface area contributed by atoms with Crippen LogP contribution in [0.3, 0.4) is 0 Å². The predicted molar refractivity (Wildman–Crippen MR) is 72.1 cm³/mol. The minimum atomic E-state index is -0.987. The van der Waals surface area contributed by atoms with Crippen molar-refractivity contribution in [2.24, 2.45) is 0 Å². The summed E-state index contributed by atoms with van der Waals surface area (Å²) in [5.41, 5.74) is 2.47. The molecule has 2 nitrogen and oxygen atoms in total. The second kappa shape index (κ2) is 6.23. The normalized spacial score (nSPS) is 12.6. The molecule has 2 aromatic rings. The topological polar surface area (TPSA) is 32.3 Å². The van der Waals surface area contributed by atoms with E-state index in [4.69, 9.17) is 0 Å². The minimum absolute atomic E-state index is 0.107. The Labute approximate surface area is 114 Å². The Kier molecular flexibility index (Phi) is 4.63. The van der Waals surface area contributed by atoms with Crippen LogP contribution < -0.4 is 5.32 Å². The molecule has 102 valence electrons. The fourth-order valence-corrected chi connectivity index (χ4v) is 2.65. The van der Waals surface area contributed by atoms with Crippen LogP contribution in [0, 0.1) is 18.6 Å². The zero-order valence-electron chi connectivity index (χ0n) is 10.5. The van der Waals surface area contributed by atoms with E-state index in [-0.39, 0.29) is 12.1 Å². The first-order valence-corrected chi connectivity index (χ1v) is 6.87. The van der Waals surface area contributed by atoms with Crippen molar-refractivity contribution in [2.45, 2.75) is 19.6 Å². The molecule has 0 fully saturated rings. The maximum absolute atomic E-state index is 13.4. The fraction of sp³-hybridized carbons (Fsp3) is 0.286. The SMILES string of the molecule is Cc1cscc1CNCC(O)c1ccc(F)cc1F. The van der Waals surface area contributed by atoms with Crippen LogP contribution >= 0.6 is 11.3 Å². The second-order valence-corrected chi connectivity index (χ2v) is 5.14. The van der Waals surface area contributed by atoms with Gasteiger partial charge in [0.15, 0.2) is 0 Å². The van der Waals surface area contributed by atoms with Gasteiger partial charge < -0.3 is 10.4 Å². The average molecular weight is 283 g/mol. The number of rotatable bonds is 5. The summed E-state index contributed by atoms with van der Waals surface area (Å²) in [5, 5.41) is 17.0. The summed E-state index contributed by atoms with van der Waals surface area (Å²) >= 11 is 1.62. The van der Waals surface area contributed by atoms with E-state index in [0.29, 0.717) is 6.54 Å². The molecular weight excluding hydrogens is 268 g/mol. The molecule has 19 heavy (non-hydrogen) atoms. The standard InChI is InChI=1S/C14H15F2NOS/c1-9-7-19-8-10(9)5-17-6-14(18)12-3-2-11(15)4-13(12)16/h2-4,7-8,14,17-18H,5-6H2,1H3. The van der Waals surface area contributed by atoms with Gasteiger partial charge in [0.25, 0.3) is 0 Å². The van der Waals surface area contributed by atoms with Crippen LogP contribution in [0.15, 0.2) is 29.0 Å². The van der Waals surface area contributed by atoms with E-state index >= 15 is 0 Å².